The quantitative estimate of drug-likeness (QED) is 0.804. The van der Waals surface area contributed by atoms with Crippen LogP contribution in [0.4, 0.5) is 11.4 Å². The van der Waals surface area contributed by atoms with E-state index >= 15 is 0 Å². The fraction of sp³-hybridized carbons (Fsp3) is 0.333. The summed E-state index contributed by atoms with van der Waals surface area (Å²) in [5.41, 5.74) is 15.4. The third kappa shape index (κ3) is 1.78. The van der Waals surface area contributed by atoms with Gasteiger partial charge in [-0.05, 0) is 24.5 Å². The second-order valence-corrected chi connectivity index (χ2v) is 4.35. The summed E-state index contributed by atoms with van der Waals surface area (Å²) in [5, 5.41) is 0. The lowest BCUT2D eigenvalue weighted by atomic mass is 10.1. The SMILES string of the molecule is CC(C)Cc1nc2cccnc2c(N)c1N. The first-order valence-corrected chi connectivity index (χ1v) is 5.38. The van der Waals surface area contributed by atoms with Crippen LogP contribution in [0.25, 0.3) is 11.0 Å². The predicted octanol–water partition coefficient (Wildman–Crippen LogP) is 1.99. The van der Waals surface area contributed by atoms with Crippen molar-refractivity contribution in [2.45, 2.75) is 20.3 Å². The fourth-order valence-electron chi connectivity index (χ4n) is 1.73. The van der Waals surface area contributed by atoms with Gasteiger partial charge in [0.05, 0.1) is 22.6 Å². The molecule has 0 aliphatic carbocycles. The Hall–Kier alpha value is -1.84. The summed E-state index contributed by atoms with van der Waals surface area (Å²) in [6, 6.07) is 3.76. The van der Waals surface area contributed by atoms with Crippen molar-refractivity contribution in [3.63, 3.8) is 0 Å². The van der Waals surface area contributed by atoms with Gasteiger partial charge in [0, 0.05) is 6.20 Å². The van der Waals surface area contributed by atoms with Crippen LogP contribution in [0.15, 0.2) is 18.3 Å². The molecule has 0 atom stereocenters. The number of fused-ring (bicyclic) bond motifs is 1. The maximum Gasteiger partial charge on any atom is 0.114 e. The number of nitrogen functional groups attached to an aromatic ring is 2. The smallest absolute Gasteiger partial charge is 0.114 e. The van der Waals surface area contributed by atoms with Gasteiger partial charge in [0.2, 0.25) is 0 Å². The average molecular weight is 216 g/mol. The second kappa shape index (κ2) is 3.96. The number of rotatable bonds is 2. The molecule has 0 fully saturated rings. The molecule has 0 amide bonds. The van der Waals surface area contributed by atoms with Gasteiger partial charge in [0.1, 0.15) is 5.52 Å². The van der Waals surface area contributed by atoms with E-state index in [1.54, 1.807) is 6.20 Å². The number of nitrogens with two attached hydrogens (primary N) is 2. The molecule has 4 nitrogen and oxygen atoms in total. The minimum absolute atomic E-state index is 0.503. The van der Waals surface area contributed by atoms with Crippen LogP contribution >= 0.6 is 0 Å². The summed E-state index contributed by atoms with van der Waals surface area (Å²) in [6.45, 7) is 4.26. The molecule has 16 heavy (non-hydrogen) atoms. The molecule has 0 bridgehead atoms. The van der Waals surface area contributed by atoms with E-state index in [2.05, 4.69) is 23.8 Å². The van der Waals surface area contributed by atoms with Crippen LogP contribution in [-0.4, -0.2) is 9.97 Å². The Labute approximate surface area is 94.7 Å². The van der Waals surface area contributed by atoms with Crippen molar-refractivity contribution in [1.82, 2.24) is 9.97 Å². The van der Waals surface area contributed by atoms with Crippen molar-refractivity contribution in [2.24, 2.45) is 5.92 Å². The van der Waals surface area contributed by atoms with Gasteiger partial charge in [-0.1, -0.05) is 13.8 Å². The summed E-state index contributed by atoms with van der Waals surface area (Å²) < 4.78 is 0. The van der Waals surface area contributed by atoms with Gasteiger partial charge >= 0.3 is 0 Å². The molecule has 0 spiro atoms. The van der Waals surface area contributed by atoms with E-state index in [-0.39, 0.29) is 0 Å². The van der Waals surface area contributed by atoms with Gasteiger partial charge < -0.3 is 11.5 Å². The molecule has 0 aliphatic rings. The van der Waals surface area contributed by atoms with Gasteiger partial charge in [0.25, 0.3) is 0 Å². The minimum atomic E-state index is 0.503. The summed E-state index contributed by atoms with van der Waals surface area (Å²) in [6.07, 6.45) is 2.53. The number of pyridine rings is 2. The lowest BCUT2D eigenvalue weighted by Gasteiger charge is -2.11. The number of hydrogen-bond donors (Lipinski definition) is 2. The van der Waals surface area contributed by atoms with E-state index in [1.165, 1.54) is 0 Å². The predicted molar refractivity (Wildman–Crippen MR) is 66.9 cm³/mol. The van der Waals surface area contributed by atoms with Crippen LogP contribution in [0, 0.1) is 5.92 Å². The zero-order chi connectivity index (χ0) is 11.7. The number of hydrogen-bond acceptors (Lipinski definition) is 4. The Balaban J connectivity index is 2.64. The van der Waals surface area contributed by atoms with Crippen molar-refractivity contribution in [3.8, 4) is 0 Å². The fourth-order valence-corrected chi connectivity index (χ4v) is 1.73. The topological polar surface area (TPSA) is 77.8 Å². The molecule has 2 aromatic rings. The van der Waals surface area contributed by atoms with Gasteiger partial charge in [-0.2, -0.15) is 0 Å². The zero-order valence-electron chi connectivity index (χ0n) is 9.57. The highest BCUT2D eigenvalue weighted by molar-refractivity contribution is 5.93. The summed E-state index contributed by atoms with van der Waals surface area (Å²) in [7, 11) is 0. The maximum atomic E-state index is 5.97. The van der Waals surface area contributed by atoms with Crippen molar-refractivity contribution in [2.75, 3.05) is 11.5 Å². The van der Waals surface area contributed by atoms with E-state index in [1.807, 2.05) is 12.1 Å². The molecule has 0 saturated carbocycles. The number of aromatic nitrogens is 2. The Kier molecular flexibility index (Phi) is 2.64. The van der Waals surface area contributed by atoms with Crippen LogP contribution in [0.1, 0.15) is 19.5 Å². The Morgan fingerprint density at radius 2 is 2.00 bits per heavy atom. The molecule has 0 unspecified atom stereocenters. The van der Waals surface area contributed by atoms with Crippen LogP contribution in [-0.2, 0) is 6.42 Å². The minimum Gasteiger partial charge on any atom is -0.396 e. The van der Waals surface area contributed by atoms with Gasteiger partial charge in [-0.15, -0.1) is 0 Å². The monoisotopic (exact) mass is 216 g/mol. The van der Waals surface area contributed by atoms with Gasteiger partial charge in [0.15, 0.2) is 0 Å². The van der Waals surface area contributed by atoms with Crippen molar-refractivity contribution in [1.29, 1.82) is 0 Å². The Morgan fingerprint density at radius 3 is 2.69 bits per heavy atom. The van der Waals surface area contributed by atoms with Crippen LogP contribution in [0.3, 0.4) is 0 Å². The van der Waals surface area contributed by atoms with Crippen molar-refractivity contribution in [3.05, 3.63) is 24.0 Å². The third-order valence-electron chi connectivity index (χ3n) is 2.50. The molecule has 0 radical (unpaired) electrons. The molecule has 0 aromatic carbocycles. The molecular formula is C12H16N4. The normalized spacial score (nSPS) is 11.2. The largest absolute Gasteiger partial charge is 0.396 e. The second-order valence-electron chi connectivity index (χ2n) is 4.35. The van der Waals surface area contributed by atoms with Crippen molar-refractivity contribution >= 4 is 22.4 Å². The molecule has 0 aliphatic heterocycles. The van der Waals surface area contributed by atoms with Gasteiger partial charge in [-0.25, -0.2) is 4.98 Å². The van der Waals surface area contributed by atoms with E-state index in [4.69, 9.17) is 11.5 Å². The van der Waals surface area contributed by atoms with Crippen LogP contribution < -0.4 is 11.5 Å². The molecule has 2 heterocycles. The Morgan fingerprint density at radius 1 is 1.25 bits per heavy atom. The third-order valence-corrected chi connectivity index (χ3v) is 2.50. The average Bonchev–Trinajstić information content (AvgIpc) is 2.25. The summed E-state index contributed by atoms with van der Waals surface area (Å²) in [4.78, 5) is 8.70. The highest BCUT2D eigenvalue weighted by atomic mass is 14.8. The molecule has 4 N–H and O–H groups in total. The lowest BCUT2D eigenvalue weighted by Crippen LogP contribution is -2.07. The standard InChI is InChI=1S/C12H16N4/c1-7(2)6-9-10(13)11(14)12-8(16-9)4-3-5-15-12/h3-5,7H,6,13H2,1-2H3,(H2,14,16). The molecule has 84 valence electrons. The van der Waals surface area contributed by atoms with E-state index in [0.29, 0.717) is 22.8 Å². The molecule has 4 heteroatoms. The Bertz CT molecular complexity index is 520. The summed E-state index contributed by atoms with van der Waals surface area (Å²) in [5.74, 6) is 0.503. The highest BCUT2D eigenvalue weighted by Crippen LogP contribution is 2.27. The number of nitrogens with zero attached hydrogens (tertiary/aromatic N) is 2. The van der Waals surface area contributed by atoms with E-state index in [0.717, 1.165) is 17.6 Å². The lowest BCUT2D eigenvalue weighted by molar-refractivity contribution is 0.638. The molecule has 2 aromatic heterocycles. The first-order valence-electron chi connectivity index (χ1n) is 5.38. The first-order chi connectivity index (χ1) is 7.59. The molecule has 0 saturated heterocycles. The highest BCUT2D eigenvalue weighted by Gasteiger charge is 2.11. The first kappa shape index (κ1) is 10.7. The van der Waals surface area contributed by atoms with E-state index < -0.39 is 0 Å². The summed E-state index contributed by atoms with van der Waals surface area (Å²) >= 11 is 0. The zero-order valence-corrected chi connectivity index (χ0v) is 9.57. The maximum absolute atomic E-state index is 5.97. The van der Waals surface area contributed by atoms with Crippen LogP contribution in [0.2, 0.25) is 0 Å². The van der Waals surface area contributed by atoms with Crippen molar-refractivity contribution < 1.29 is 0 Å². The molecular weight excluding hydrogens is 200 g/mol. The van der Waals surface area contributed by atoms with E-state index in [9.17, 15) is 0 Å². The van der Waals surface area contributed by atoms with Crippen LogP contribution in [0.5, 0.6) is 0 Å². The number of anilines is 2. The van der Waals surface area contributed by atoms with Gasteiger partial charge in [-0.3, -0.25) is 4.98 Å². The molecule has 2 rings (SSSR count).